The molecule has 1 aliphatic rings. The molecule has 0 bridgehead atoms. The lowest BCUT2D eigenvalue weighted by atomic mass is 10.1. The molecule has 2 unspecified atom stereocenters. The average molecular weight is 233 g/mol. The lowest BCUT2D eigenvalue weighted by Crippen LogP contribution is -2.34. The van der Waals surface area contributed by atoms with E-state index in [0.717, 1.165) is 12.1 Å². The lowest BCUT2D eigenvalue weighted by molar-refractivity contribution is 0.0697. The number of hydrogen-bond donors (Lipinski definition) is 1. The standard InChI is InChI=1S/C14H19NO2/c1-3-12-8-7-10(2)15(12)13-6-4-5-11(9-13)14(16)17/h4-6,9-10,12H,3,7-8H2,1-2H3,(H,16,17). The first kappa shape index (κ1) is 12.0. The van der Waals surface area contributed by atoms with Gasteiger partial charge in [0.1, 0.15) is 0 Å². The third-order valence-electron chi connectivity index (χ3n) is 3.65. The highest BCUT2D eigenvalue weighted by molar-refractivity contribution is 5.88. The fourth-order valence-electron chi connectivity index (χ4n) is 2.74. The Labute approximate surface area is 102 Å². The fraction of sp³-hybridized carbons (Fsp3) is 0.500. The van der Waals surface area contributed by atoms with Crippen LogP contribution in [0.5, 0.6) is 0 Å². The summed E-state index contributed by atoms with van der Waals surface area (Å²) in [5, 5.41) is 9.02. The van der Waals surface area contributed by atoms with E-state index in [9.17, 15) is 4.79 Å². The number of carbonyl (C=O) groups is 1. The molecule has 1 aliphatic heterocycles. The molecule has 1 fully saturated rings. The molecule has 2 atom stereocenters. The van der Waals surface area contributed by atoms with Crippen LogP contribution in [-0.4, -0.2) is 23.2 Å². The van der Waals surface area contributed by atoms with E-state index in [-0.39, 0.29) is 0 Å². The molecule has 0 amide bonds. The Morgan fingerprint density at radius 2 is 2.24 bits per heavy atom. The van der Waals surface area contributed by atoms with E-state index >= 15 is 0 Å². The van der Waals surface area contributed by atoms with Gasteiger partial charge in [0.05, 0.1) is 5.56 Å². The van der Waals surface area contributed by atoms with Crippen molar-refractivity contribution in [1.82, 2.24) is 0 Å². The predicted molar refractivity (Wildman–Crippen MR) is 68.7 cm³/mol. The number of nitrogens with zero attached hydrogens (tertiary/aromatic N) is 1. The first-order chi connectivity index (χ1) is 8.13. The second kappa shape index (κ2) is 4.78. The van der Waals surface area contributed by atoms with Crippen molar-refractivity contribution in [3.8, 4) is 0 Å². The molecule has 3 heteroatoms. The van der Waals surface area contributed by atoms with E-state index in [1.807, 2.05) is 12.1 Å². The van der Waals surface area contributed by atoms with E-state index in [0.29, 0.717) is 17.6 Å². The summed E-state index contributed by atoms with van der Waals surface area (Å²) in [5.74, 6) is -0.855. The molecule has 0 radical (unpaired) electrons. The Kier molecular flexibility index (Phi) is 3.36. The van der Waals surface area contributed by atoms with E-state index < -0.39 is 5.97 Å². The van der Waals surface area contributed by atoms with Gasteiger partial charge in [-0.05, 0) is 44.4 Å². The van der Waals surface area contributed by atoms with Crippen LogP contribution in [0.15, 0.2) is 24.3 Å². The molecule has 1 aromatic rings. The van der Waals surface area contributed by atoms with Gasteiger partial charge in [-0.2, -0.15) is 0 Å². The molecule has 17 heavy (non-hydrogen) atoms. The van der Waals surface area contributed by atoms with Crippen molar-refractivity contribution in [3.63, 3.8) is 0 Å². The molecular weight excluding hydrogens is 214 g/mol. The van der Waals surface area contributed by atoms with Crippen molar-refractivity contribution in [1.29, 1.82) is 0 Å². The maximum absolute atomic E-state index is 11.0. The summed E-state index contributed by atoms with van der Waals surface area (Å²) < 4.78 is 0. The zero-order valence-electron chi connectivity index (χ0n) is 10.4. The smallest absolute Gasteiger partial charge is 0.335 e. The number of aromatic carboxylic acids is 1. The number of rotatable bonds is 3. The van der Waals surface area contributed by atoms with Crippen LogP contribution in [0.2, 0.25) is 0 Å². The first-order valence-electron chi connectivity index (χ1n) is 6.25. The highest BCUT2D eigenvalue weighted by atomic mass is 16.4. The molecule has 0 saturated carbocycles. The SMILES string of the molecule is CCC1CCC(C)N1c1cccc(C(=O)O)c1. The molecule has 1 heterocycles. The topological polar surface area (TPSA) is 40.5 Å². The Bertz CT molecular complexity index is 416. The van der Waals surface area contributed by atoms with Crippen LogP contribution in [0.1, 0.15) is 43.5 Å². The van der Waals surface area contributed by atoms with Crippen molar-refractivity contribution in [2.75, 3.05) is 4.90 Å². The zero-order chi connectivity index (χ0) is 12.4. The van der Waals surface area contributed by atoms with Gasteiger partial charge in [-0.25, -0.2) is 4.79 Å². The third kappa shape index (κ3) is 2.28. The van der Waals surface area contributed by atoms with Crippen molar-refractivity contribution in [3.05, 3.63) is 29.8 Å². The molecule has 1 saturated heterocycles. The van der Waals surface area contributed by atoms with Crippen molar-refractivity contribution in [2.45, 2.75) is 45.2 Å². The second-order valence-corrected chi connectivity index (χ2v) is 4.75. The van der Waals surface area contributed by atoms with Gasteiger partial charge in [0.15, 0.2) is 0 Å². The normalized spacial score (nSPS) is 24.0. The molecular formula is C14H19NO2. The summed E-state index contributed by atoms with van der Waals surface area (Å²) in [6.07, 6.45) is 3.51. The van der Waals surface area contributed by atoms with E-state index in [1.165, 1.54) is 12.8 Å². The Morgan fingerprint density at radius 3 is 2.88 bits per heavy atom. The molecule has 1 N–H and O–H groups in total. The Hall–Kier alpha value is -1.51. The van der Waals surface area contributed by atoms with Gasteiger partial charge < -0.3 is 10.0 Å². The van der Waals surface area contributed by atoms with Crippen LogP contribution in [0.4, 0.5) is 5.69 Å². The van der Waals surface area contributed by atoms with Crippen LogP contribution in [-0.2, 0) is 0 Å². The van der Waals surface area contributed by atoms with E-state index in [2.05, 4.69) is 18.7 Å². The summed E-state index contributed by atoms with van der Waals surface area (Å²) in [6.45, 7) is 4.40. The van der Waals surface area contributed by atoms with E-state index in [1.54, 1.807) is 12.1 Å². The summed E-state index contributed by atoms with van der Waals surface area (Å²) in [5.41, 5.74) is 1.42. The quantitative estimate of drug-likeness (QED) is 0.871. The number of anilines is 1. The summed E-state index contributed by atoms with van der Waals surface area (Å²) in [6, 6.07) is 8.33. The summed E-state index contributed by atoms with van der Waals surface area (Å²) in [4.78, 5) is 13.3. The average Bonchev–Trinajstić information content (AvgIpc) is 2.70. The Balaban J connectivity index is 2.32. The molecule has 3 nitrogen and oxygen atoms in total. The van der Waals surface area contributed by atoms with Crippen LogP contribution in [0, 0.1) is 0 Å². The minimum absolute atomic E-state index is 0.372. The van der Waals surface area contributed by atoms with Gasteiger partial charge in [0.2, 0.25) is 0 Å². The predicted octanol–water partition coefficient (Wildman–Crippen LogP) is 3.15. The van der Waals surface area contributed by atoms with Gasteiger partial charge in [0.25, 0.3) is 0 Å². The molecule has 92 valence electrons. The monoisotopic (exact) mass is 233 g/mol. The number of benzene rings is 1. The molecule has 0 aliphatic carbocycles. The molecule has 2 rings (SSSR count). The minimum Gasteiger partial charge on any atom is -0.478 e. The molecule has 0 spiro atoms. The van der Waals surface area contributed by atoms with E-state index in [4.69, 9.17) is 5.11 Å². The van der Waals surface area contributed by atoms with Gasteiger partial charge in [-0.1, -0.05) is 13.0 Å². The van der Waals surface area contributed by atoms with Crippen LogP contribution in [0.3, 0.4) is 0 Å². The maximum Gasteiger partial charge on any atom is 0.335 e. The number of hydrogen-bond acceptors (Lipinski definition) is 2. The van der Waals surface area contributed by atoms with Crippen LogP contribution in [0.25, 0.3) is 0 Å². The summed E-state index contributed by atoms with van der Waals surface area (Å²) >= 11 is 0. The van der Waals surface area contributed by atoms with Crippen molar-refractivity contribution < 1.29 is 9.90 Å². The lowest BCUT2D eigenvalue weighted by Gasteiger charge is -2.30. The van der Waals surface area contributed by atoms with Crippen LogP contribution < -0.4 is 4.90 Å². The van der Waals surface area contributed by atoms with Gasteiger partial charge >= 0.3 is 5.97 Å². The maximum atomic E-state index is 11.0. The second-order valence-electron chi connectivity index (χ2n) is 4.75. The highest BCUT2D eigenvalue weighted by Crippen LogP contribution is 2.32. The number of carboxylic acid groups (broad SMARTS) is 1. The van der Waals surface area contributed by atoms with Crippen molar-refractivity contribution in [2.24, 2.45) is 0 Å². The number of carboxylic acids is 1. The van der Waals surface area contributed by atoms with Gasteiger partial charge in [-0.15, -0.1) is 0 Å². The Morgan fingerprint density at radius 1 is 1.47 bits per heavy atom. The highest BCUT2D eigenvalue weighted by Gasteiger charge is 2.29. The first-order valence-corrected chi connectivity index (χ1v) is 6.25. The van der Waals surface area contributed by atoms with Crippen molar-refractivity contribution >= 4 is 11.7 Å². The van der Waals surface area contributed by atoms with Gasteiger partial charge in [0, 0.05) is 17.8 Å². The minimum atomic E-state index is -0.855. The molecule has 0 aromatic heterocycles. The summed E-state index contributed by atoms with van der Waals surface area (Å²) in [7, 11) is 0. The third-order valence-corrected chi connectivity index (χ3v) is 3.65. The molecule has 1 aromatic carbocycles. The largest absolute Gasteiger partial charge is 0.478 e. The van der Waals surface area contributed by atoms with Crippen LogP contribution >= 0.6 is 0 Å². The fourth-order valence-corrected chi connectivity index (χ4v) is 2.74. The van der Waals surface area contributed by atoms with Gasteiger partial charge in [-0.3, -0.25) is 0 Å². The zero-order valence-corrected chi connectivity index (χ0v) is 10.4.